The number of rotatable bonds is 1. The largest absolute Gasteiger partial charge is 0.470 e. The first-order chi connectivity index (χ1) is 9.31. The van der Waals surface area contributed by atoms with E-state index >= 15 is 0 Å². The maximum absolute atomic E-state index is 5.94. The molecule has 1 aromatic heterocycles. The van der Waals surface area contributed by atoms with Gasteiger partial charge >= 0.3 is 0 Å². The second-order valence-electron chi connectivity index (χ2n) is 4.80. The van der Waals surface area contributed by atoms with Gasteiger partial charge in [0.2, 0.25) is 5.90 Å². The molecule has 0 unspecified atom stereocenters. The molecule has 3 nitrogen and oxygen atoms in total. The Labute approximate surface area is 115 Å². The number of benzene rings is 1. The fourth-order valence-corrected chi connectivity index (χ4v) is 2.84. The SMILES string of the molecule is Clc1ccc(C2=N[C@H]3c4ccccc4C[C@H]3O2)nc1. The van der Waals surface area contributed by atoms with Crippen LogP contribution in [0.5, 0.6) is 0 Å². The molecule has 0 amide bonds. The third kappa shape index (κ3) is 1.73. The fourth-order valence-electron chi connectivity index (χ4n) is 2.73. The lowest BCUT2D eigenvalue weighted by Gasteiger charge is -2.08. The molecular weight excluding hydrogens is 260 g/mol. The Kier molecular flexibility index (Phi) is 2.35. The summed E-state index contributed by atoms with van der Waals surface area (Å²) in [6.07, 6.45) is 2.65. The average molecular weight is 271 g/mol. The molecule has 0 saturated heterocycles. The van der Waals surface area contributed by atoms with Crippen molar-refractivity contribution in [1.29, 1.82) is 0 Å². The molecule has 4 heteroatoms. The van der Waals surface area contributed by atoms with Crippen LogP contribution < -0.4 is 0 Å². The van der Waals surface area contributed by atoms with E-state index in [2.05, 4.69) is 34.2 Å². The molecule has 0 saturated carbocycles. The molecule has 94 valence electrons. The van der Waals surface area contributed by atoms with Gasteiger partial charge in [-0.05, 0) is 23.3 Å². The molecule has 0 fully saturated rings. The summed E-state index contributed by atoms with van der Waals surface area (Å²) in [4.78, 5) is 8.94. The molecule has 2 heterocycles. The van der Waals surface area contributed by atoms with Crippen molar-refractivity contribution in [3.8, 4) is 0 Å². The van der Waals surface area contributed by atoms with Crippen molar-refractivity contribution >= 4 is 17.5 Å². The number of nitrogens with zero attached hydrogens (tertiary/aromatic N) is 2. The zero-order chi connectivity index (χ0) is 12.8. The lowest BCUT2D eigenvalue weighted by atomic mass is 10.1. The molecule has 2 atom stereocenters. The highest BCUT2D eigenvalue weighted by Gasteiger charge is 2.39. The molecule has 0 spiro atoms. The maximum atomic E-state index is 5.94. The Hall–Kier alpha value is -1.87. The molecule has 0 N–H and O–H groups in total. The lowest BCUT2D eigenvalue weighted by Crippen LogP contribution is -2.14. The van der Waals surface area contributed by atoms with Gasteiger partial charge in [-0.2, -0.15) is 0 Å². The minimum Gasteiger partial charge on any atom is -0.470 e. The van der Waals surface area contributed by atoms with Crippen LogP contribution in [-0.4, -0.2) is 17.0 Å². The van der Waals surface area contributed by atoms with Gasteiger partial charge in [-0.3, -0.25) is 0 Å². The van der Waals surface area contributed by atoms with Crippen molar-refractivity contribution in [2.45, 2.75) is 18.6 Å². The minimum atomic E-state index is 0.115. The van der Waals surface area contributed by atoms with Gasteiger partial charge in [0, 0.05) is 12.6 Å². The van der Waals surface area contributed by atoms with E-state index in [0.29, 0.717) is 10.9 Å². The standard InChI is InChI=1S/C15H11ClN2O/c16-10-5-6-12(17-8-10)15-18-14-11-4-2-1-3-9(11)7-13(14)19-15/h1-6,8,13-14H,7H2/t13-,14+/m1/s1. The van der Waals surface area contributed by atoms with Crippen LogP contribution in [0, 0.1) is 0 Å². The number of aromatic nitrogens is 1. The van der Waals surface area contributed by atoms with Crippen LogP contribution >= 0.6 is 11.6 Å². The number of aliphatic imine (C=N–C) groups is 1. The van der Waals surface area contributed by atoms with Gasteiger partial charge in [0.05, 0.1) is 5.02 Å². The van der Waals surface area contributed by atoms with E-state index in [1.165, 1.54) is 11.1 Å². The van der Waals surface area contributed by atoms with Crippen molar-refractivity contribution in [1.82, 2.24) is 4.98 Å². The summed E-state index contributed by atoms with van der Waals surface area (Å²) in [6.45, 7) is 0. The molecule has 0 bridgehead atoms. The first-order valence-corrected chi connectivity index (χ1v) is 6.63. The van der Waals surface area contributed by atoms with E-state index in [1.807, 2.05) is 6.07 Å². The Morgan fingerprint density at radius 1 is 1.16 bits per heavy atom. The smallest absolute Gasteiger partial charge is 0.236 e. The Morgan fingerprint density at radius 3 is 2.89 bits per heavy atom. The van der Waals surface area contributed by atoms with Crippen LogP contribution in [0.4, 0.5) is 0 Å². The van der Waals surface area contributed by atoms with Crippen molar-refractivity contribution in [2.75, 3.05) is 0 Å². The van der Waals surface area contributed by atoms with Gasteiger partial charge in [-0.25, -0.2) is 9.98 Å². The number of hydrogen-bond donors (Lipinski definition) is 0. The topological polar surface area (TPSA) is 34.5 Å². The predicted molar refractivity (Wildman–Crippen MR) is 73.5 cm³/mol. The molecule has 2 aliphatic rings. The molecule has 1 aliphatic carbocycles. The summed E-state index contributed by atoms with van der Waals surface area (Å²) in [6, 6.07) is 12.1. The van der Waals surface area contributed by atoms with E-state index in [-0.39, 0.29) is 12.1 Å². The van der Waals surface area contributed by atoms with Gasteiger partial charge in [-0.15, -0.1) is 0 Å². The fraction of sp³-hybridized carbons (Fsp3) is 0.200. The second kappa shape index (κ2) is 4.07. The van der Waals surface area contributed by atoms with E-state index in [0.717, 1.165) is 12.1 Å². The summed E-state index contributed by atoms with van der Waals surface area (Å²) in [5.41, 5.74) is 3.36. The lowest BCUT2D eigenvalue weighted by molar-refractivity contribution is 0.206. The number of pyridine rings is 1. The van der Waals surface area contributed by atoms with Crippen LogP contribution in [0.3, 0.4) is 0 Å². The minimum absolute atomic E-state index is 0.115. The number of ether oxygens (including phenoxy) is 1. The summed E-state index contributed by atoms with van der Waals surface area (Å²) in [7, 11) is 0. The van der Waals surface area contributed by atoms with Crippen molar-refractivity contribution < 1.29 is 4.74 Å². The maximum Gasteiger partial charge on any atom is 0.236 e. The van der Waals surface area contributed by atoms with E-state index in [9.17, 15) is 0 Å². The van der Waals surface area contributed by atoms with Gasteiger partial charge < -0.3 is 4.74 Å². The summed E-state index contributed by atoms with van der Waals surface area (Å²) in [5, 5.41) is 0.618. The molecule has 2 aromatic rings. The second-order valence-corrected chi connectivity index (χ2v) is 5.24. The highest BCUT2D eigenvalue weighted by Crippen LogP contribution is 2.40. The Bertz CT molecular complexity index is 666. The first-order valence-electron chi connectivity index (χ1n) is 6.25. The molecule has 1 aliphatic heterocycles. The normalized spacial score (nSPS) is 23.5. The van der Waals surface area contributed by atoms with Crippen LogP contribution in [-0.2, 0) is 11.2 Å². The zero-order valence-corrected chi connectivity index (χ0v) is 10.8. The quantitative estimate of drug-likeness (QED) is 0.798. The Morgan fingerprint density at radius 2 is 2.05 bits per heavy atom. The summed E-state index contributed by atoms with van der Waals surface area (Å²) >= 11 is 5.84. The molecule has 0 radical (unpaired) electrons. The highest BCUT2D eigenvalue weighted by molar-refractivity contribution is 6.30. The van der Waals surface area contributed by atoms with E-state index < -0.39 is 0 Å². The zero-order valence-electron chi connectivity index (χ0n) is 10.1. The van der Waals surface area contributed by atoms with Crippen LogP contribution in [0.1, 0.15) is 22.9 Å². The Balaban J connectivity index is 1.71. The van der Waals surface area contributed by atoms with Gasteiger partial charge in [-0.1, -0.05) is 35.9 Å². The third-order valence-corrected chi connectivity index (χ3v) is 3.84. The van der Waals surface area contributed by atoms with Gasteiger partial charge in [0.25, 0.3) is 0 Å². The molecular formula is C15H11ClN2O. The summed E-state index contributed by atoms with van der Waals surface area (Å²) in [5.74, 6) is 0.626. The van der Waals surface area contributed by atoms with E-state index in [4.69, 9.17) is 16.3 Å². The van der Waals surface area contributed by atoms with Crippen molar-refractivity contribution in [2.24, 2.45) is 4.99 Å². The summed E-state index contributed by atoms with van der Waals surface area (Å²) < 4.78 is 5.94. The van der Waals surface area contributed by atoms with Crippen molar-refractivity contribution in [3.05, 3.63) is 64.4 Å². The van der Waals surface area contributed by atoms with Crippen LogP contribution in [0.15, 0.2) is 47.6 Å². The third-order valence-electron chi connectivity index (χ3n) is 3.61. The molecule has 4 rings (SSSR count). The van der Waals surface area contributed by atoms with Gasteiger partial charge in [0.1, 0.15) is 17.8 Å². The number of fused-ring (bicyclic) bond motifs is 3. The van der Waals surface area contributed by atoms with Crippen molar-refractivity contribution in [3.63, 3.8) is 0 Å². The monoisotopic (exact) mass is 270 g/mol. The number of halogens is 1. The first kappa shape index (κ1) is 11.0. The van der Waals surface area contributed by atoms with Crippen LogP contribution in [0.2, 0.25) is 5.02 Å². The predicted octanol–water partition coefficient (Wildman–Crippen LogP) is 3.18. The van der Waals surface area contributed by atoms with Crippen LogP contribution in [0.25, 0.3) is 0 Å². The molecule has 19 heavy (non-hydrogen) atoms. The van der Waals surface area contributed by atoms with E-state index in [1.54, 1.807) is 12.3 Å². The van der Waals surface area contributed by atoms with Gasteiger partial charge in [0.15, 0.2) is 0 Å². The number of hydrogen-bond acceptors (Lipinski definition) is 3. The average Bonchev–Trinajstić information content (AvgIpc) is 2.97. The molecule has 1 aromatic carbocycles. The highest BCUT2D eigenvalue weighted by atomic mass is 35.5.